The highest BCUT2D eigenvalue weighted by Gasteiger charge is 2.01. The third kappa shape index (κ3) is 4.04. The summed E-state index contributed by atoms with van der Waals surface area (Å²) in [6.45, 7) is 11.6. The van der Waals surface area contributed by atoms with Crippen LogP contribution in [0.2, 0.25) is 0 Å². The Balaban J connectivity index is 4.92. The first-order valence-electron chi connectivity index (χ1n) is 4.72. The summed E-state index contributed by atoms with van der Waals surface area (Å²) in [6, 6.07) is 0. The smallest absolute Gasteiger partial charge is 0.0637 e. The van der Waals surface area contributed by atoms with Crippen LogP contribution in [-0.4, -0.2) is 5.71 Å². The largest absolute Gasteiger partial charge is 0.300 e. The lowest BCUT2D eigenvalue weighted by molar-refractivity contribution is 1.38. The summed E-state index contributed by atoms with van der Waals surface area (Å²) in [5, 5.41) is 7.86. The van der Waals surface area contributed by atoms with E-state index in [-0.39, 0.29) is 0 Å². The van der Waals surface area contributed by atoms with Crippen molar-refractivity contribution in [3.05, 3.63) is 47.6 Å². The first-order chi connectivity index (χ1) is 6.52. The summed E-state index contributed by atoms with van der Waals surface area (Å²) < 4.78 is 0. The second-order valence-corrected chi connectivity index (χ2v) is 3.42. The molecule has 0 aliphatic carbocycles. The topological polar surface area (TPSA) is 23.9 Å². The highest BCUT2D eigenvalue weighted by Crippen LogP contribution is 2.08. The molecule has 0 spiro atoms. The van der Waals surface area contributed by atoms with Crippen molar-refractivity contribution < 1.29 is 0 Å². The van der Waals surface area contributed by atoms with Crippen LogP contribution in [0.5, 0.6) is 0 Å². The van der Waals surface area contributed by atoms with E-state index in [0.717, 1.165) is 11.1 Å². The second kappa shape index (κ2) is 6.14. The number of hydrogen-bond donors (Lipinski definition) is 1. The Hall–Kier alpha value is -1.37. The predicted octanol–water partition coefficient (Wildman–Crippen LogP) is 4.05. The molecule has 0 aliphatic rings. The lowest BCUT2D eigenvalue weighted by Gasteiger charge is -2.03. The monoisotopic (exact) mass is 189 g/mol. The van der Waals surface area contributed by atoms with Gasteiger partial charge in [-0.15, -0.1) is 0 Å². The molecule has 0 saturated heterocycles. The molecule has 14 heavy (non-hydrogen) atoms. The van der Waals surface area contributed by atoms with Crippen molar-refractivity contribution >= 4 is 5.71 Å². The fourth-order valence-corrected chi connectivity index (χ4v) is 0.882. The van der Waals surface area contributed by atoms with Gasteiger partial charge in [0.2, 0.25) is 0 Å². The van der Waals surface area contributed by atoms with E-state index in [1.165, 1.54) is 5.57 Å². The van der Waals surface area contributed by atoms with Gasteiger partial charge in [-0.1, -0.05) is 36.5 Å². The van der Waals surface area contributed by atoms with Gasteiger partial charge in [-0.25, -0.2) is 0 Å². The highest BCUT2D eigenvalue weighted by molar-refractivity contribution is 6.11. The van der Waals surface area contributed by atoms with Crippen LogP contribution in [-0.2, 0) is 0 Å². The molecule has 0 aromatic carbocycles. The zero-order valence-electron chi connectivity index (χ0n) is 9.52. The summed E-state index contributed by atoms with van der Waals surface area (Å²) in [5.41, 5.74) is 3.59. The molecule has 0 heterocycles. The van der Waals surface area contributed by atoms with Crippen LogP contribution >= 0.6 is 0 Å². The molecule has 0 bridgehead atoms. The van der Waals surface area contributed by atoms with Gasteiger partial charge in [-0.05, 0) is 38.8 Å². The van der Waals surface area contributed by atoms with Crippen molar-refractivity contribution in [2.24, 2.45) is 0 Å². The number of rotatable bonds is 4. The molecule has 0 amide bonds. The first-order valence-corrected chi connectivity index (χ1v) is 4.72. The van der Waals surface area contributed by atoms with Crippen LogP contribution in [0, 0.1) is 5.41 Å². The molecule has 1 nitrogen and oxygen atoms in total. The molecule has 1 heteroatoms. The fraction of sp³-hybridized carbons (Fsp3) is 0.308. The minimum absolute atomic E-state index is 0.542. The summed E-state index contributed by atoms with van der Waals surface area (Å²) in [4.78, 5) is 0. The van der Waals surface area contributed by atoms with Gasteiger partial charge in [-0.3, -0.25) is 0 Å². The van der Waals surface area contributed by atoms with Gasteiger partial charge in [0.15, 0.2) is 0 Å². The SMILES string of the molecule is C=C/C(=C\C=C(C)C)C(=N)/C(C)=C/C. The quantitative estimate of drug-likeness (QED) is 0.509. The molecule has 0 radical (unpaired) electrons. The summed E-state index contributed by atoms with van der Waals surface area (Å²) >= 11 is 0. The van der Waals surface area contributed by atoms with Gasteiger partial charge in [0, 0.05) is 0 Å². The fourth-order valence-electron chi connectivity index (χ4n) is 0.882. The highest BCUT2D eigenvalue weighted by atomic mass is 14.4. The molecular weight excluding hydrogens is 170 g/mol. The Morgan fingerprint density at radius 1 is 1.14 bits per heavy atom. The summed E-state index contributed by atoms with van der Waals surface area (Å²) in [6.07, 6.45) is 7.57. The van der Waals surface area contributed by atoms with E-state index in [4.69, 9.17) is 5.41 Å². The van der Waals surface area contributed by atoms with Crippen molar-refractivity contribution in [2.75, 3.05) is 0 Å². The van der Waals surface area contributed by atoms with E-state index < -0.39 is 0 Å². The lowest BCUT2D eigenvalue weighted by atomic mass is 10.0. The Morgan fingerprint density at radius 3 is 2.07 bits per heavy atom. The average molecular weight is 189 g/mol. The zero-order valence-corrected chi connectivity index (χ0v) is 9.52. The molecule has 0 saturated carbocycles. The van der Waals surface area contributed by atoms with Gasteiger partial charge in [-0.2, -0.15) is 0 Å². The minimum Gasteiger partial charge on any atom is -0.300 e. The Labute approximate surface area is 87.0 Å². The normalized spacial score (nSPS) is 12.3. The van der Waals surface area contributed by atoms with Crippen molar-refractivity contribution in [1.29, 1.82) is 5.41 Å². The van der Waals surface area contributed by atoms with E-state index in [2.05, 4.69) is 6.58 Å². The summed E-state index contributed by atoms with van der Waals surface area (Å²) in [7, 11) is 0. The third-order valence-corrected chi connectivity index (χ3v) is 1.93. The van der Waals surface area contributed by atoms with Gasteiger partial charge in [0.1, 0.15) is 0 Å². The number of allylic oxidation sites excluding steroid dienone is 7. The van der Waals surface area contributed by atoms with E-state index in [1.807, 2.05) is 45.9 Å². The van der Waals surface area contributed by atoms with Crippen molar-refractivity contribution in [3.8, 4) is 0 Å². The maximum Gasteiger partial charge on any atom is 0.0637 e. The molecule has 0 fully saturated rings. The van der Waals surface area contributed by atoms with Crippen molar-refractivity contribution in [3.63, 3.8) is 0 Å². The Kier molecular flexibility index (Phi) is 5.54. The van der Waals surface area contributed by atoms with Crippen molar-refractivity contribution in [1.82, 2.24) is 0 Å². The molecule has 76 valence electrons. The molecule has 0 aromatic heterocycles. The Morgan fingerprint density at radius 2 is 1.71 bits per heavy atom. The van der Waals surface area contributed by atoms with Crippen LogP contribution in [0.25, 0.3) is 0 Å². The van der Waals surface area contributed by atoms with E-state index >= 15 is 0 Å². The zero-order chi connectivity index (χ0) is 11.1. The summed E-state index contributed by atoms with van der Waals surface area (Å²) in [5.74, 6) is 0. The predicted molar refractivity (Wildman–Crippen MR) is 64.9 cm³/mol. The van der Waals surface area contributed by atoms with Crippen LogP contribution < -0.4 is 0 Å². The first kappa shape index (κ1) is 12.6. The van der Waals surface area contributed by atoms with Gasteiger partial charge >= 0.3 is 0 Å². The molecule has 0 unspecified atom stereocenters. The van der Waals surface area contributed by atoms with Gasteiger partial charge < -0.3 is 5.41 Å². The Bertz CT molecular complexity index is 310. The van der Waals surface area contributed by atoms with E-state index in [1.54, 1.807) is 6.08 Å². The third-order valence-electron chi connectivity index (χ3n) is 1.93. The lowest BCUT2D eigenvalue weighted by Crippen LogP contribution is -2.00. The standard InChI is InChI=1S/C13H19N/c1-6-11(5)13(14)12(7-2)9-8-10(3)4/h6-9,14H,2H2,1,3-5H3/b11-6+,12-9+,14-13?. The molecule has 0 aromatic rings. The van der Waals surface area contributed by atoms with Crippen LogP contribution in [0.3, 0.4) is 0 Å². The van der Waals surface area contributed by atoms with Gasteiger partial charge in [0.05, 0.1) is 5.71 Å². The molecular formula is C13H19N. The number of hydrogen-bond acceptors (Lipinski definition) is 1. The molecule has 0 aliphatic heterocycles. The van der Waals surface area contributed by atoms with Crippen molar-refractivity contribution in [2.45, 2.75) is 27.7 Å². The maximum atomic E-state index is 7.86. The van der Waals surface area contributed by atoms with E-state index in [9.17, 15) is 0 Å². The molecule has 0 atom stereocenters. The van der Waals surface area contributed by atoms with Crippen LogP contribution in [0.15, 0.2) is 47.6 Å². The average Bonchev–Trinajstić information content (AvgIpc) is 2.16. The van der Waals surface area contributed by atoms with Gasteiger partial charge in [0.25, 0.3) is 0 Å². The van der Waals surface area contributed by atoms with Crippen LogP contribution in [0.4, 0.5) is 0 Å². The van der Waals surface area contributed by atoms with E-state index in [0.29, 0.717) is 5.71 Å². The maximum absolute atomic E-state index is 7.86. The molecule has 1 N–H and O–H groups in total. The second-order valence-electron chi connectivity index (χ2n) is 3.42. The number of nitrogens with one attached hydrogen (secondary N) is 1. The van der Waals surface area contributed by atoms with Crippen LogP contribution in [0.1, 0.15) is 27.7 Å². The minimum atomic E-state index is 0.542. The molecule has 0 rings (SSSR count).